The number of aliphatic hydroxyl groups is 1. The molecule has 23 heavy (non-hydrogen) atoms. The normalized spacial score (nSPS) is 19.2. The Morgan fingerprint density at radius 1 is 1.17 bits per heavy atom. The van der Waals surface area contributed by atoms with E-state index in [2.05, 4.69) is 28.8 Å². The van der Waals surface area contributed by atoms with Gasteiger partial charge in [-0.25, -0.2) is 4.98 Å². The van der Waals surface area contributed by atoms with Crippen molar-refractivity contribution in [3.8, 4) is 5.69 Å². The third kappa shape index (κ3) is 2.82. The van der Waals surface area contributed by atoms with Gasteiger partial charge in [0, 0.05) is 22.5 Å². The number of hydrogen-bond acceptors (Lipinski definition) is 4. The molecule has 2 heterocycles. The van der Waals surface area contributed by atoms with E-state index in [0.717, 1.165) is 23.8 Å². The first-order valence-electron chi connectivity index (χ1n) is 8.29. The number of para-hydroxylation sites is 1. The highest BCUT2D eigenvalue weighted by molar-refractivity contribution is 7.99. The summed E-state index contributed by atoms with van der Waals surface area (Å²) in [5.41, 5.74) is 3.73. The summed E-state index contributed by atoms with van der Waals surface area (Å²) in [5, 5.41) is 10.7. The predicted octanol–water partition coefficient (Wildman–Crippen LogP) is 2.85. The van der Waals surface area contributed by atoms with Gasteiger partial charge in [0.15, 0.2) is 5.16 Å². The molecule has 1 aliphatic heterocycles. The molecule has 2 aromatic rings. The third-order valence-electron chi connectivity index (χ3n) is 4.78. The van der Waals surface area contributed by atoms with E-state index in [1.54, 1.807) is 11.8 Å². The molecule has 0 radical (unpaired) electrons. The van der Waals surface area contributed by atoms with E-state index in [1.165, 1.54) is 29.9 Å². The Balaban J connectivity index is 1.67. The van der Waals surface area contributed by atoms with E-state index < -0.39 is 0 Å². The van der Waals surface area contributed by atoms with Gasteiger partial charge in [0.05, 0.1) is 25.5 Å². The van der Waals surface area contributed by atoms with E-state index >= 15 is 0 Å². The molecule has 1 saturated heterocycles. The van der Waals surface area contributed by atoms with Gasteiger partial charge in [-0.05, 0) is 37.8 Å². The number of hydrogen-bond donors (Lipinski definition) is 1. The maximum Gasteiger partial charge on any atom is 0.173 e. The van der Waals surface area contributed by atoms with Crippen LogP contribution < -0.4 is 0 Å². The Morgan fingerprint density at radius 2 is 1.96 bits per heavy atom. The lowest BCUT2D eigenvalue weighted by Gasteiger charge is -2.39. The number of fused-ring (bicyclic) bond motifs is 1. The second-order valence-electron chi connectivity index (χ2n) is 6.61. The number of ether oxygens (including phenoxy) is 1. The number of benzene rings is 1. The zero-order valence-corrected chi connectivity index (χ0v) is 14.0. The second kappa shape index (κ2) is 6.30. The lowest BCUT2D eigenvalue weighted by atomic mass is 9.90. The van der Waals surface area contributed by atoms with Crippen molar-refractivity contribution in [2.24, 2.45) is 5.41 Å². The zero-order chi connectivity index (χ0) is 15.7. The number of rotatable bonds is 5. The molecule has 1 aromatic carbocycles. The minimum atomic E-state index is -0.0847. The topological polar surface area (TPSA) is 47.3 Å². The van der Waals surface area contributed by atoms with Crippen molar-refractivity contribution in [2.45, 2.75) is 30.8 Å². The molecule has 0 amide bonds. The molecule has 1 fully saturated rings. The lowest BCUT2D eigenvalue weighted by Crippen LogP contribution is -2.47. The highest BCUT2D eigenvalue weighted by Gasteiger charge is 2.38. The largest absolute Gasteiger partial charge is 0.396 e. The molecule has 2 aliphatic rings. The highest BCUT2D eigenvalue weighted by Crippen LogP contribution is 2.36. The van der Waals surface area contributed by atoms with E-state index in [4.69, 9.17) is 9.72 Å². The van der Waals surface area contributed by atoms with Gasteiger partial charge in [-0.3, -0.25) is 4.57 Å². The standard InChI is InChI=1S/C18H22N2O2S/c21-10-18(11-22-12-18)13-23-17-19-15-8-4-5-9-16(15)20(17)14-6-2-1-3-7-14/h1-3,6-7,21H,4-5,8-13H2. The maximum absolute atomic E-state index is 9.64. The zero-order valence-electron chi connectivity index (χ0n) is 13.2. The first-order valence-corrected chi connectivity index (χ1v) is 9.27. The first-order chi connectivity index (χ1) is 11.3. The van der Waals surface area contributed by atoms with Gasteiger partial charge in [-0.1, -0.05) is 30.0 Å². The fourth-order valence-corrected chi connectivity index (χ4v) is 4.50. The van der Waals surface area contributed by atoms with E-state index in [9.17, 15) is 5.11 Å². The Hall–Kier alpha value is -1.30. The van der Waals surface area contributed by atoms with Gasteiger partial charge in [0.2, 0.25) is 0 Å². The summed E-state index contributed by atoms with van der Waals surface area (Å²) in [7, 11) is 0. The van der Waals surface area contributed by atoms with Crippen LogP contribution in [-0.4, -0.2) is 40.2 Å². The van der Waals surface area contributed by atoms with Gasteiger partial charge in [-0.15, -0.1) is 0 Å². The van der Waals surface area contributed by atoms with Gasteiger partial charge in [0.1, 0.15) is 0 Å². The summed E-state index contributed by atoms with van der Waals surface area (Å²) < 4.78 is 7.64. The highest BCUT2D eigenvalue weighted by atomic mass is 32.2. The summed E-state index contributed by atoms with van der Waals surface area (Å²) in [6.45, 7) is 1.50. The second-order valence-corrected chi connectivity index (χ2v) is 7.55. The summed E-state index contributed by atoms with van der Waals surface area (Å²) >= 11 is 1.75. The first kappa shape index (κ1) is 15.2. The van der Waals surface area contributed by atoms with Crippen molar-refractivity contribution in [1.29, 1.82) is 0 Å². The van der Waals surface area contributed by atoms with Crippen LogP contribution in [0, 0.1) is 5.41 Å². The Kier molecular flexibility index (Phi) is 4.18. The van der Waals surface area contributed by atoms with Crippen molar-refractivity contribution in [1.82, 2.24) is 9.55 Å². The van der Waals surface area contributed by atoms with E-state index in [-0.39, 0.29) is 12.0 Å². The molecule has 0 spiro atoms. The fraction of sp³-hybridized carbons (Fsp3) is 0.500. The number of thioether (sulfide) groups is 1. The molecule has 4 nitrogen and oxygen atoms in total. The minimum absolute atomic E-state index is 0.0847. The van der Waals surface area contributed by atoms with Crippen LogP contribution >= 0.6 is 11.8 Å². The van der Waals surface area contributed by atoms with Gasteiger partial charge < -0.3 is 9.84 Å². The monoisotopic (exact) mass is 330 g/mol. The number of aliphatic hydroxyl groups excluding tert-OH is 1. The van der Waals surface area contributed by atoms with Crippen LogP contribution in [0.3, 0.4) is 0 Å². The molecular formula is C18H22N2O2S. The van der Waals surface area contributed by atoms with E-state index in [0.29, 0.717) is 13.2 Å². The molecule has 5 heteroatoms. The lowest BCUT2D eigenvalue weighted by molar-refractivity contribution is -0.121. The number of imidazole rings is 1. The van der Waals surface area contributed by atoms with Crippen molar-refractivity contribution >= 4 is 11.8 Å². The van der Waals surface area contributed by atoms with Crippen LogP contribution in [0.5, 0.6) is 0 Å². The molecule has 0 atom stereocenters. The average Bonchev–Trinajstić information content (AvgIpc) is 2.93. The Bertz CT molecular complexity index is 674. The van der Waals surface area contributed by atoms with Crippen molar-refractivity contribution in [3.63, 3.8) is 0 Å². The van der Waals surface area contributed by atoms with Crippen LogP contribution in [0.1, 0.15) is 24.2 Å². The summed E-state index contributed by atoms with van der Waals surface area (Å²) in [4.78, 5) is 4.93. The third-order valence-corrected chi connectivity index (χ3v) is 6.06. The van der Waals surface area contributed by atoms with Crippen LogP contribution in [0.4, 0.5) is 0 Å². The van der Waals surface area contributed by atoms with Crippen molar-refractivity contribution < 1.29 is 9.84 Å². The Labute approximate surface area is 140 Å². The SMILES string of the molecule is OCC1(CSc2nc3c(n2-c2ccccc2)CCCC3)COC1. The molecular weight excluding hydrogens is 308 g/mol. The van der Waals surface area contributed by atoms with E-state index in [1.807, 2.05) is 6.07 Å². The number of aryl methyl sites for hydroxylation is 1. The minimum Gasteiger partial charge on any atom is -0.396 e. The number of aromatic nitrogens is 2. The van der Waals surface area contributed by atoms with Gasteiger partial charge >= 0.3 is 0 Å². The predicted molar refractivity (Wildman–Crippen MR) is 91.3 cm³/mol. The summed E-state index contributed by atoms with van der Waals surface area (Å²) in [5.74, 6) is 0.853. The maximum atomic E-state index is 9.64. The fourth-order valence-electron chi connectivity index (χ4n) is 3.28. The molecule has 1 N–H and O–H groups in total. The molecule has 122 valence electrons. The molecule has 0 saturated carbocycles. The van der Waals surface area contributed by atoms with Crippen LogP contribution in [0.2, 0.25) is 0 Å². The smallest absolute Gasteiger partial charge is 0.173 e. The van der Waals surface area contributed by atoms with Gasteiger partial charge in [0.25, 0.3) is 0 Å². The van der Waals surface area contributed by atoms with Crippen LogP contribution in [0.25, 0.3) is 5.69 Å². The average molecular weight is 330 g/mol. The molecule has 4 rings (SSSR count). The number of nitrogens with zero attached hydrogens (tertiary/aromatic N) is 2. The molecule has 0 bridgehead atoms. The van der Waals surface area contributed by atoms with Crippen LogP contribution in [-0.2, 0) is 17.6 Å². The van der Waals surface area contributed by atoms with Gasteiger partial charge in [-0.2, -0.15) is 0 Å². The van der Waals surface area contributed by atoms with Crippen molar-refractivity contribution in [3.05, 3.63) is 41.7 Å². The summed E-state index contributed by atoms with van der Waals surface area (Å²) in [6, 6.07) is 10.5. The molecule has 1 aliphatic carbocycles. The Morgan fingerprint density at radius 3 is 2.65 bits per heavy atom. The summed E-state index contributed by atoms with van der Waals surface area (Å²) in [6.07, 6.45) is 4.66. The molecule has 1 aromatic heterocycles. The van der Waals surface area contributed by atoms with Crippen molar-refractivity contribution in [2.75, 3.05) is 25.6 Å². The molecule has 0 unspecified atom stereocenters. The van der Waals surface area contributed by atoms with Crippen LogP contribution in [0.15, 0.2) is 35.5 Å². The quantitative estimate of drug-likeness (QED) is 0.857.